The summed E-state index contributed by atoms with van der Waals surface area (Å²) in [6.45, 7) is 3.03. The van der Waals surface area contributed by atoms with Crippen LogP contribution in [0.2, 0.25) is 0 Å². The number of aromatic nitrogens is 1. The first-order valence-corrected chi connectivity index (χ1v) is 7.75. The van der Waals surface area contributed by atoms with Crippen LogP contribution in [0.5, 0.6) is 0 Å². The largest absolute Gasteiger partial charge is 0.467 e. The van der Waals surface area contributed by atoms with Gasteiger partial charge in [-0.25, -0.2) is 22.8 Å². The van der Waals surface area contributed by atoms with Gasteiger partial charge in [-0.05, 0) is 19.4 Å². The predicted molar refractivity (Wildman–Crippen MR) is 85.4 cm³/mol. The number of hydrogen-bond acceptors (Lipinski definition) is 5. The van der Waals surface area contributed by atoms with Gasteiger partial charge in [-0.1, -0.05) is 6.92 Å². The van der Waals surface area contributed by atoms with Crippen LogP contribution in [-0.2, 0) is 14.3 Å². The van der Waals surface area contributed by atoms with Gasteiger partial charge in [-0.2, -0.15) is 0 Å². The van der Waals surface area contributed by atoms with Crippen LogP contribution in [0.4, 0.5) is 13.2 Å². The number of ether oxygens (including phenoxy) is 2. The number of pyridine rings is 1. The summed E-state index contributed by atoms with van der Waals surface area (Å²) in [5, 5.41) is -0.589. The Balaban J connectivity index is 2.98. The van der Waals surface area contributed by atoms with E-state index in [1.165, 1.54) is 6.92 Å². The van der Waals surface area contributed by atoms with Crippen molar-refractivity contribution in [1.29, 1.82) is 0 Å². The van der Waals surface area contributed by atoms with Crippen molar-refractivity contribution in [2.24, 2.45) is 0 Å². The van der Waals surface area contributed by atoms with Crippen LogP contribution >= 0.6 is 0 Å². The van der Waals surface area contributed by atoms with Crippen molar-refractivity contribution in [3.63, 3.8) is 0 Å². The second-order valence-electron chi connectivity index (χ2n) is 5.33. The van der Waals surface area contributed by atoms with Crippen molar-refractivity contribution < 1.29 is 32.2 Å². The van der Waals surface area contributed by atoms with Crippen LogP contribution < -0.4 is 5.43 Å². The number of benzene rings is 1. The molecule has 0 aliphatic rings. The fraction of sp³-hybridized carbons (Fsp3) is 0.353. The quantitative estimate of drug-likeness (QED) is 0.597. The smallest absolute Gasteiger partial charge is 0.343 e. The molecule has 1 aromatic carbocycles. The van der Waals surface area contributed by atoms with Crippen LogP contribution in [-0.4, -0.2) is 30.2 Å². The van der Waals surface area contributed by atoms with Crippen molar-refractivity contribution in [3.05, 3.63) is 45.5 Å². The second-order valence-corrected chi connectivity index (χ2v) is 5.33. The highest BCUT2D eigenvalue weighted by atomic mass is 19.2. The van der Waals surface area contributed by atoms with Gasteiger partial charge in [0, 0.05) is 6.20 Å². The fourth-order valence-electron chi connectivity index (χ4n) is 2.63. The molecule has 0 radical (unpaired) electrons. The Hall–Kier alpha value is -2.84. The van der Waals surface area contributed by atoms with Crippen molar-refractivity contribution >= 4 is 22.8 Å². The van der Waals surface area contributed by atoms with E-state index in [-0.39, 0.29) is 13.0 Å². The molecule has 0 bridgehead atoms. The second kappa shape index (κ2) is 7.59. The maximum absolute atomic E-state index is 14.4. The zero-order valence-electron chi connectivity index (χ0n) is 14.3. The lowest BCUT2D eigenvalue weighted by molar-refractivity contribution is -0.144. The number of esters is 2. The summed E-state index contributed by atoms with van der Waals surface area (Å²) >= 11 is 0. The molecule has 0 spiro atoms. The molecule has 2 rings (SSSR count). The zero-order valence-corrected chi connectivity index (χ0v) is 14.3. The number of nitrogens with zero attached hydrogens (tertiary/aromatic N) is 1. The lowest BCUT2D eigenvalue weighted by Crippen LogP contribution is -2.27. The van der Waals surface area contributed by atoms with Crippen molar-refractivity contribution in [2.45, 2.75) is 26.3 Å². The van der Waals surface area contributed by atoms with Crippen LogP contribution in [0.15, 0.2) is 17.1 Å². The Kier molecular flexibility index (Phi) is 5.69. The normalized spacial score (nSPS) is 12.1. The molecule has 2 aromatic rings. The first-order chi connectivity index (χ1) is 12.3. The molecule has 1 atom stereocenters. The Morgan fingerprint density at radius 1 is 1.19 bits per heavy atom. The summed E-state index contributed by atoms with van der Waals surface area (Å²) in [5.74, 6) is -6.87. The van der Waals surface area contributed by atoms with E-state index in [0.29, 0.717) is 6.07 Å². The van der Waals surface area contributed by atoms with E-state index >= 15 is 0 Å². The molecule has 0 amide bonds. The van der Waals surface area contributed by atoms with Gasteiger partial charge in [0.25, 0.3) is 0 Å². The van der Waals surface area contributed by atoms with Gasteiger partial charge >= 0.3 is 11.9 Å². The number of methoxy groups -OCH3 is 1. The molecular formula is C17H16F3NO5. The monoisotopic (exact) mass is 371 g/mol. The summed E-state index contributed by atoms with van der Waals surface area (Å²) in [5.41, 5.74) is -2.21. The molecule has 1 heterocycles. The molecule has 0 N–H and O–H groups in total. The average molecular weight is 371 g/mol. The first-order valence-electron chi connectivity index (χ1n) is 7.75. The highest BCUT2D eigenvalue weighted by molar-refractivity contribution is 5.94. The lowest BCUT2D eigenvalue weighted by Gasteiger charge is -2.20. The Morgan fingerprint density at radius 3 is 2.38 bits per heavy atom. The van der Waals surface area contributed by atoms with Crippen LogP contribution in [0.1, 0.15) is 36.7 Å². The predicted octanol–water partition coefficient (Wildman–Crippen LogP) is 2.72. The number of hydrogen-bond donors (Lipinski definition) is 0. The third-order valence-electron chi connectivity index (χ3n) is 3.84. The van der Waals surface area contributed by atoms with E-state index in [0.717, 1.165) is 17.9 Å². The van der Waals surface area contributed by atoms with Crippen LogP contribution in [0.25, 0.3) is 10.9 Å². The molecule has 0 saturated heterocycles. The molecule has 26 heavy (non-hydrogen) atoms. The molecule has 0 unspecified atom stereocenters. The van der Waals surface area contributed by atoms with Crippen LogP contribution in [0.3, 0.4) is 0 Å². The van der Waals surface area contributed by atoms with Gasteiger partial charge < -0.3 is 14.0 Å². The molecule has 0 aliphatic carbocycles. The third kappa shape index (κ3) is 3.16. The number of rotatable bonds is 5. The minimum atomic E-state index is -1.80. The number of halogens is 3. The Bertz CT molecular complexity index is 938. The Morgan fingerprint density at radius 2 is 1.85 bits per heavy atom. The topological polar surface area (TPSA) is 74.6 Å². The summed E-state index contributed by atoms with van der Waals surface area (Å²) in [4.78, 5) is 36.5. The first kappa shape index (κ1) is 19.5. The van der Waals surface area contributed by atoms with Crippen LogP contribution in [0, 0.1) is 17.5 Å². The number of carbonyl (C=O) groups is 2. The van der Waals surface area contributed by atoms with Gasteiger partial charge in [0.2, 0.25) is 5.43 Å². The minimum Gasteiger partial charge on any atom is -0.467 e. The third-order valence-corrected chi connectivity index (χ3v) is 3.84. The van der Waals surface area contributed by atoms with E-state index in [2.05, 4.69) is 4.74 Å². The van der Waals surface area contributed by atoms with Gasteiger partial charge in [0.05, 0.1) is 24.6 Å². The molecule has 0 aliphatic heterocycles. The summed E-state index contributed by atoms with van der Waals surface area (Å²) < 4.78 is 52.1. The SMILES string of the molecule is CCOC(=O)c1cn([C@@H](CC)C(=O)OC)c2c(F)c(F)c(F)cc2c1=O. The van der Waals surface area contributed by atoms with Crippen molar-refractivity contribution in [3.8, 4) is 0 Å². The van der Waals surface area contributed by atoms with Crippen molar-refractivity contribution in [1.82, 2.24) is 4.57 Å². The van der Waals surface area contributed by atoms with Gasteiger partial charge in [-0.15, -0.1) is 0 Å². The summed E-state index contributed by atoms with van der Waals surface area (Å²) in [7, 11) is 1.10. The lowest BCUT2D eigenvalue weighted by atomic mass is 10.1. The highest BCUT2D eigenvalue weighted by Crippen LogP contribution is 2.26. The van der Waals surface area contributed by atoms with Gasteiger partial charge in [-0.3, -0.25) is 4.79 Å². The summed E-state index contributed by atoms with van der Waals surface area (Å²) in [6, 6.07) is -0.685. The molecule has 140 valence electrons. The summed E-state index contributed by atoms with van der Waals surface area (Å²) in [6.07, 6.45) is 0.972. The minimum absolute atomic E-state index is 0.0450. The fourth-order valence-corrected chi connectivity index (χ4v) is 2.63. The maximum atomic E-state index is 14.4. The Labute approximate surface area is 146 Å². The molecule has 0 fully saturated rings. The standard InChI is InChI=1S/C17H16F3NO5/c1-4-11(17(24)25-3)21-7-9(16(23)26-5-2)15(22)8-6-10(18)12(19)13(20)14(8)21/h6-7,11H,4-5H2,1-3H3/t11-/m0/s1. The van der Waals surface area contributed by atoms with E-state index in [1.807, 2.05) is 0 Å². The number of fused-ring (bicyclic) bond motifs is 1. The van der Waals surface area contributed by atoms with E-state index in [1.54, 1.807) is 6.92 Å². The molecular weight excluding hydrogens is 355 g/mol. The number of carbonyl (C=O) groups excluding carboxylic acids is 2. The maximum Gasteiger partial charge on any atom is 0.343 e. The van der Waals surface area contributed by atoms with Crippen molar-refractivity contribution in [2.75, 3.05) is 13.7 Å². The van der Waals surface area contributed by atoms with E-state index in [4.69, 9.17) is 4.74 Å². The highest BCUT2D eigenvalue weighted by Gasteiger charge is 2.28. The van der Waals surface area contributed by atoms with E-state index < -0.39 is 57.3 Å². The zero-order chi connectivity index (χ0) is 19.6. The molecule has 1 aromatic heterocycles. The average Bonchev–Trinajstić information content (AvgIpc) is 2.62. The van der Waals surface area contributed by atoms with Gasteiger partial charge in [0.1, 0.15) is 11.6 Å². The molecule has 9 heteroatoms. The van der Waals surface area contributed by atoms with E-state index in [9.17, 15) is 27.6 Å². The molecule has 6 nitrogen and oxygen atoms in total. The molecule has 0 saturated carbocycles. The van der Waals surface area contributed by atoms with Gasteiger partial charge in [0.15, 0.2) is 17.5 Å².